The van der Waals surface area contributed by atoms with Crippen molar-refractivity contribution in [1.82, 2.24) is 0 Å². The number of aromatic hydroxyl groups is 1. The lowest BCUT2D eigenvalue weighted by atomic mass is 9.73. The summed E-state index contributed by atoms with van der Waals surface area (Å²) < 4.78 is 30.0. The van der Waals surface area contributed by atoms with Gasteiger partial charge < -0.3 is 39.0 Å². The van der Waals surface area contributed by atoms with Crippen LogP contribution in [0.15, 0.2) is 36.4 Å². The van der Waals surface area contributed by atoms with Gasteiger partial charge in [0.25, 0.3) is 0 Å². The highest BCUT2D eigenvalue weighted by atomic mass is 16.7. The van der Waals surface area contributed by atoms with Gasteiger partial charge in [0.05, 0.1) is 50.9 Å². The van der Waals surface area contributed by atoms with Gasteiger partial charge in [-0.3, -0.25) is 0 Å². The van der Waals surface area contributed by atoms with Crippen LogP contribution in [0.2, 0.25) is 0 Å². The molecule has 3 N–H and O–H groups in total. The van der Waals surface area contributed by atoms with Crippen molar-refractivity contribution in [2.75, 3.05) is 40.6 Å². The largest absolute Gasteiger partial charge is 0.507 e. The number of benzene rings is 3. The minimum absolute atomic E-state index is 0.0413. The molecule has 0 unspecified atom stereocenters. The molecule has 0 saturated carbocycles. The van der Waals surface area contributed by atoms with Crippen LogP contribution in [0.25, 0.3) is 10.8 Å². The van der Waals surface area contributed by atoms with E-state index in [1.165, 1.54) is 7.11 Å². The van der Waals surface area contributed by atoms with Crippen LogP contribution in [-0.4, -0.2) is 56.0 Å². The topological polar surface area (TPSA) is 107 Å². The summed E-state index contributed by atoms with van der Waals surface area (Å²) in [5.41, 5.74) is 0.582. The fourth-order valence-corrected chi connectivity index (χ4v) is 6.12. The second-order valence-electron chi connectivity index (χ2n) is 8.79. The highest BCUT2D eigenvalue weighted by molar-refractivity contribution is 6.01. The predicted molar refractivity (Wildman–Crippen MR) is 122 cm³/mol. The number of hydrogen-bond donors (Lipinski definition) is 3. The van der Waals surface area contributed by atoms with Crippen LogP contribution in [0.5, 0.6) is 23.0 Å². The number of aliphatic hydroxyl groups excluding tert-OH is 1. The number of phenols is 1. The number of rotatable bonds is 5. The van der Waals surface area contributed by atoms with E-state index in [1.807, 2.05) is 24.3 Å². The summed E-state index contributed by atoms with van der Waals surface area (Å²) in [6.45, 7) is 0.603. The zero-order valence-corrected chi connectivity index (χ0v) is 19.0. The molecule has 178 valence electrons. The van der Waals surface area contributed by atoms with Crippen LogP contribution < -0.4 is 14.2 Å². The van der Waals surface area contributed by atoms with Gasteiger partial charge in [-0.1, -0.05) is 24.3 Å². The maximum atomic E-state index is 12.3. The molecule has 0 radical (unpaired) electrons. The number of phenolic OH excluding ortho intramolecular Hbond substituents is 1. The van der Waals surface area contributed by atoms with Crippen LogP contribution in [0.1, 0.15) is 34.6 Å². The minimum atomic E-state index is -1.54. The van der Waals surface area contributed by atoms with Crippen LogP contribution >= 0.6 is 0 Å². The Hall–Kier alpha value is -3.04. The highest BCUT2D eigenvalue weighted by Gasteiger charge is 2.65. The molecule has 3 aliphatic rings. The molecule has 1 heterocycles. The number of fused-ring (bicyclic) bond motifs is 5. The third-order valence-corrected chi connectivity index (χ3v) is 7.29. The normalized spacial score (nSPS) is 23.7. The summed E-state index contributed by atoms with van der Waals surface area (Å²) in [7, 11) is 3.09. The van der Waals surface area contributed by atoms with E-state index in [9.17, 15) is 15.3 Å². The average molecular weight is 466 g/mol. The predicted octanol–water partition coefficient (Wildman–Crippen LogP) is 2.87. The molecule has 6 rings (SSSR count). The Bertz CT molecular complexity index is 1300. The van der Waals surface area contributed by atoms with E-state index in [-0.39, 0.29) is 25.4 Å². The van der Waals surface area contributed by atoms with E-state index in [1.54, 1.807) is 19.2 Å². The first-order valence-corrected chi connectivity index (χ1v) is 11.3. The molecular weight excluding hydrogens is 440 g/mol. The van der Waals surface area contributed by atoms with Gasteiger partial charge in [0.2, 0.25) is 5.79 Å². The summed E-state index contributed by atoms with van der Waals surface area (Å²) >= 11 is 0. The van der Waals surface area contributed by atoms with Gasteiger partial charge in [-0.15, -0.1) is 0 Å². The summed E-state index contributed by atoms with van der Waals surface area (Å²) in [4.78, 5) is 0. The first kappa shape index (κ1) is 21.5. The van der Waals surface area contributed by atoms with Crippen molar-refractivity contribution in [3.63, 3.8) is 0 Å². The van der Waals surface area contributed by atoms with Gasteiger partial charge in [0.15, 0.2) is 0 Å². The number of ether oxygens (including phenoxy) is 5. The van der Waals surface area contributed by atoms with E-state index < -0.39 is 17.3 Å². The molecule has 3 aromatic rings. The molecule has 3 aromatic carbocycles. The van der Waals surface area contributed by atoms with Crippen molar-refractivity contribution in [3.8, 4) is 23.0 Å². The molecule has 1 spiro atoms. The second kappa shape index (κ2) is 7.48. The summed E-state index contributed by atoms with van der Waals surface area (Å²) in [6, 6.07) is 10.8. The summed E-state index contributed by atoms with van der Waals surface area (Å²) in [6.07, 6.45) is 0.226. The Labute approximate surface area is 196 Å². The SMILES string of the molecule is COc1cccc2c1C1(OCCO1)[C@@H]1C[C@]2(O)c2c1c(OCCO)c1cccc(OC)c1c2O. The van der Waals surface area contributed by atoms with Crippen molar-refractivity contribution >= 4 is 10.8 Å². The summed E-state index contributed by atoms with van der Waals surface area (Å²) in [5.74, 6) is -0.334. The number of hydrogen-bond acceptors (Lipinski definition) is 8. The third-order valence-electron chi connectivity index (χ3n) is 7.29. The first-order valence-electron chi connectivity index (χ1n) is 11.3. The molecule has 34 heavy (non-hydrogen) atoms. The molecule has 8 heteroatoms. The van der Waals surface area contributed by atoms with E-state index in [0.717, 1.165) is 0 Å². The number of aliphatic hydroxyl groups is 2. The quantitative estimate of drug-likeness (QED) is 0.527. The molecule has 2 bridgehead atoms. The molecule has 0 amide bonds. The Morgan fingerprint density at radius 3 is 2.41 bits per heavy atom. The first-order chi connectivity index (χ1) is 16.5. The highest BCUT2D eigenvalue weighted by Crippen LogP contribution is 2.69. The van der Waals surface area contributed by atoms with Crippen molar-refractivity contribution in [2.45, 2.75) is 23.7 Å². The average Bonchev–Trinajstić information content (AvgIpc) is 3.45. The van der Waals surface area contributed by atoms with Crippen molar-refractivity contribution in [1.29, 1.82) is 0 Å². The Balaban J connectivity index is 1.77. The van der Waals surface area contributed by atoms with E-state index >= 15 is 0 Å². The van der Waals surface area contributed by atoms with Crippen LogP contribution in [-0.2, 0) is 20.9 Å². The van der Waals surface area contributed by atoms with Crippen LogP contribution in [0, 0.1) is 0 Å². The van der Waals surface area contributed by atoms with Gasteiger partial charge in [-0.05, 0) is 18.6 Å². The molecule has 0 aromatic heterocycles. The molecule has 1 saturated heterocycles. The lowest BCUT2D eigenvalue weighted by Crippen LogP contribution is -2.43. The van der Waals surface area contributed by atoms with Crippen molar-refractivity contribution in [3.05, 3.63) is 58.7 Å². The monoisotopic (exact) mass is 466 g/mol. The van der Waals surface area contributed by atoms with Gasteiger partial charge >= 0.3 is 0 Å². The maximum absolute atomic E-state index is 12.3. The van der Waals surface area contributed by atoms with Crippen molar-refractivity contribution in [2.24, 2.45) is 0 Å². The molecule has 2 aliphatic carbocycles. The lowest BCUT2D eigenvalue weighted by Gasteiger charge is -2.42. The third kappa shape index (κ3) is 2.51. The van der Waals surface area contributed by atoms with E-state index in [2.05, 4.69) is 0 Å². The minimum Gasteiger partial charge on any atom is -0.507 e. The zero-order chi connectivity index (χ0) is 23.7. The smallest absolute Gasteiger partial charge is 0.206 e. The van der Waals surface area contributed by atoms with Crippen LogP contribution in [0.4, 0.5) is 0 Å². The Morgan fingerprint density at radius 2 is 1.71 bits per heavy atom. The van der Waals surface area contributed by atoms with Gasteiger partial charge in [0.1, 0.15) is 35.2 Å². The van der Waals surface area contributed by atoms with Crippen molar-refractivity contribution < 1.29 is 39.0 Å². The Morgan fingerprint density at radius 1 is 1.00 bits per heavy atom. The fourth-order valence-electron chi connectivity index (χ4n) is 6.12. The fraction of sp³-hybridized carbons (Fsp3) is 0.385. The van der Waals surface area contributed by atoms with E-state index in [4.69, 9.17) is 23.7 Å². The maximum Gasteiger partial charge on any atom is 0.206 e. The van der Waals surface area contributed by atoms with Gasteiger partial charge in [-0.25, -0.2) is 0 Å². The summed E-state index contributed by atoms with van der Waals surface area (Å²) in [5, 5.41) is 34.5. The molecule has 8 nitrogen and oxygen atoms in total. The lowest BCUT2D eigenvalue weighted by molar-refractivity contribution is -0.198. The second-order valence-corrected chi connectivity index (χ2v) is 8.79. The Kier molecular flexibility index (Phi) is 4.73. The van der Waals surface area contributed by atoms with Gasteiger partial charge in [-0.2, -0.15) is 0 Å². The molecule has 2 atom stereocenters. The standard InChI is InChI=1S/C26H26O8/c1-30-17-7-3-5-14-19(17)23(28)22-20(24(14)32-10-9-27)16-13-25(22,29)15-6-4-8-18(31-2)21(15)26(16)33-11-12-34-26/h3-8,16,27-29H,9-13H2,1-2H3/t16-,25-/m1/s1. The van der Waals surface area contributed by atoms with Gasteiger partial charge in [0, 0.05) is 22.1 Å². The molecular formula is C26H26O8. The van der Waals surface area contributed by atoms with E-state index in [0.29, 0.717) is 63.5 Å². The number of methoxy groups -OCH3 is 2. The molecule has 1 fully saturated rings. The molecule has 1 aliphatic heterocycles. The van der Waals surface area contributed by atoms with Crippen LogP contribution in [0.3, 0.4) is 0 Å². The zero-order valence-electron chi connectivity index (χ0n) is 19.0.